The van der Waals surface area contributed by atoms with E-state index in [0.29, 0.717) is 12.1 Å². The first-order valence-electron chi connectivity index (χ1n) is 8.63. The van der Waals surface area contributed by atoms with Gasteiger partial charge < -0.3 is 9.64 Å². The fourth-order valence-corrected chi connectivity index (χ4v) is 3.14. The summed E-state index contributed by atoms with van der Waals surface area (Å²) in [5.41, 5.74) is -3.27. The molecule has 0 aromatic heterocycles. The van der Waals surface area contributed by atoms with Gasteiger partial charge in [-0.1, -0.05) is 12.1 Å². The molecule has 2 nitrogen and oxygen atoms in total. The second-order valence-electron chi connectivity index (χ2n) is 6.65. The molecule has 2 aromatic rings. The van der Waals surface area contributed by atoms with Crippen LogP contribution in [0.1, 0.15) is 17.5 Å². The summed E-state index contributed by atoms with van der Waals surface area (Å²) in [6.07, 6.45) is -15.6. The predicted octanol–water partition coefficient (Wildman–Crippen LogP) is 6.54. The van der Waals surface area contributed by atoms with E-state index in [1.165, 1.54) is 23.1 Å². The molecule has 164 valence electrons. The minimum Gasteiger partial charge on any atom is -0.489 e. The normalized spacial score (nSPS) is 15.0. The first kappa shape index (κ1) is 22.1. The van der Waals surface area contributed by atoms with E-state index in [4.69, 9.17) is 4.74 Å². The quantitative estimate of drug-likeness (QED) is 0.500. The molecule has 0 unspecified atom stereocenters. The van der Waals surface area contributed by atoms with Crippen molar-refractivity contribution in [3.63, 3.8) is 0 Å². The molecule has 0 N–H and O–H groups in total. The first-order chi connectivity index (χ1) is 13.8. The third-order valence-electron chi connectivity index (χ3n) is 4.51. The van der Waals surface area contributed by atoms with Gasteiger partial charge in [0.15, 0.2) is 0 Å². The van der Waals surface area contributed by atoms with E-state index in [2.05, 4.69) is 0 Å². The van der Waals surface area contributed by atoms with E-state index in [9.17, 15) is 39.5 Å². The summed E-state index contributed by atoms with van der Waals surface area (Å²) in [5, 5.41) is 0. The van der Waals surface area contributed by atoms with Gasteiger partial charge in [0.05, 0.1) is 29.8 Å². The van der Waals surface area contributed by atoms with Crippen LogP contribution in [0.2, 0.25) is 0 Å². The molecule has 0 atom stereocenters. The Morgan fingerprint density at radius 2 is 1.43 bits per heavy atom. The van der Waals surface area contributed by atoms with Crippen LogP contribution in [0.15, 0.2) is 36.4 Å². The van der Waals surface area contributed by atoms with Gasteiger partial charge in [-0.15, -0.1) is 0 Å². The van der Waals surface area contributed by atoms with Crippen LogP contribution in [0.4, 0.5) is 45.2 Å². The number of ether oxygens (including phenoxy) is 1. The standard InChI is InChI=1S/C19H14F9NO/c20-17(21,22)4-5-29-6-7-30-16-14(2-1-3-15(16)29)11-8-12(18(23,24)25)10-13(9-11)19(26,27)28/h1-3,8-10H,4-7H2. The fourth-order valence-electron chi connectivity index (χ4n) is 3.14. The molecular formula is C19H14F9NO. The topological polar surface area (TPSA) is 12.5 Å². The highest BCUT2D eigenvalue weighted by molar-refractivity contribution is 5.80. The van der Waals surface area contributed by atoms with Crippen molar-refractivity contribution in [3.8, 4) is 16.9 Å². The van der Waals surface area contributed by atoms with Crippen molar-refractivity contribution < 1.29 is 44.3 Å². The summed E-state index contributed by atoms with van der Waals surface area (Å²) in [6, 6.07) is 5.15. The van der Waals surface area contributed by atoms with Crippen LogP contribution in [0.3, 0.4) is 0 Å². The number of hydrogen-bond donors (Lipinski definition) is 0. The maximum atomic E-state index is 13.2. The number of rotatable bonds is 3. The molecule has 3 rings (SSSR count). The third-order valence-corrected chi connectivity index (χ3v) is 4.51. The summed E-state index contributed by atoms with van der Waals surface area (Å²) < 4.78 is 122. The van der Waals surface area contributed by atoms with E-state index >= 15 is 0 Å². The van der Waals surface area contributed by atoms with E-state index in [1.54, 1.807) is 0 Å². The zero-order valence-electron chi connectivity index (χ0n) is 15.0. The smallest absolute Gasteiger partial charge is 0.416 e. The zero-order valence-corrected chi connectivity index (χ0v) is 15.0. The summed E-state index contributed by atoms with van der Waals surface area (Å²) in [4.78, 5) is 1.34. The molecule has 0 aliphatic carbocycles. The molecule has 0 saturated carbocycles. The lowest BCUT2D eigenvalue weighted by Gasteiger charge is -2.33. The maximum Gasteiger partial charge on any atom is 0.416 e. The highest BCUT2D eigenvalue weighted by Gasteiger charge is 2.37. The van der Waals surface area contributed by atoms with Crippen molar-refractivity contribution in [3.05, 3.63) is 47.5 Å². The van der Waals surface area contributed by atoms with Gasteiger partial charge in [-0.25, -0.2) is 0 Å². The lowest BCUT2D eigenvalue weighted by atomic mass is 9.97. The van der Waals surface area contributed by atoms with E-state index < -0.39 is 48.2 Å². The number of benzene rings is 2. The van der Waals surface area contributed by atoms with Gasteiger partial charge in [-0.2, -0.15) is 39.5 Å². The number of halogens is 9. The Balaban J connectivity index is 2.09. The number of anilines is 1. The largest absolute Gasteiger partial charge is 0.489 e. The average molecular weight is 443 g/mol. The van der Waals surface area contributed by atoms with Crippen molar-refractivity contribution in [1.29, 1.82) is 0 Å². The Morgan fingerprint density at radius 1 is 0.833 bits per heavy atom. The Hall–Kier alpha value is -2.59. The number of alkyl halides is 9. The average Bonchev–Trinajstić information content (AvgIpc) is 2.63. The van der Waals surface area contributed by atoms with Crippen LogP contribution in [0, 0.1) is 0 Å². The van der Waals surface area contributed by atoms with Crippen molar-refractivity contribution in [2.75, 3.05) is 24.6 Å². The lowest BCUT2D eigenvalue weighted by molar-refractivity contribution is -0.143. The van der Waals surface area contributed by atoms with Crippen LogP contribution < -0.4 is 9.64 Å². The monoisotopic (exact) mass is 443 g/mol. The van der Waals surface area contributed by atoms with Gasteiger partial charge in [-0.05, 0) is 29.8 Å². The maximum absolute atomic E-state index is 13.2. The van der Waals surface area contributed by atoms with Gasteiger partial charge >= 0.3 is 18.5 Å². The summed E-state index contributed by atoms with van der Waals surface area (Å²) >= 11 is 0. The van der Waals surface area contributed by atoms with Gasteiger partial charge in [0.2, 0.25) is 0 Å². The molecule has 0 radical (unpaired) electrons. The summed E-state index contributed by atoms with van der Waals surface area (Å²) in [7, 11) is 0. The van der Waals surface area contributed by atoms with Crippen LogP contribution in [-0.2, 0) is 12.4 Å². The highest BCUT2D eigenvalue weighted by Crippen LogP contribution is 2.44. The number of para-hydroxylation sites is 1. The molecule has 0 fully saturated rings. The fraction of sp³-hybridized carbons (Fsp3) is 0.368. The number of nitrogens with zero attached hydrogens (tertiary/aromatic N) is 1. The van der Waals surface area contributed by atoms with Crippen molar-refractivity contribution in [1.82, 2.24) is 0 Å². The Kier molecular flexibility index (Phi) is 5.59. The summed E-state index contributed by atoms with van der Waals surface area (Å²) in [6.45, 7) is -0.379. The molecule has 0 bridgehead atoms. The van der Waals surface area contributed by atoms with Crippen molar-refractivity contribution in [2.45, 2.75) is 24.9 Å². The van der Waals surface area contributed by atoms with Gasteiger partial charge in [0.25, 0.3) is 0 Å². The molecule has 1 aliphatic heterocycles. The Labute approximate surface area is 164 Å². The van der Waals surface area contributed by atoms with Gasteiger partial charge in [0, 0.05) is 12.1 Å². The van der Waals surface area contributed by atoms with Crippen LogP contribution in [0.25, 0.3) is 11.1 Å². The molecule has 0 spiro atoms. The van der Waals surface area contributed by atoms with E-state index in [-0.39, 0.29) is 36.2 Å². The molecule has 1 heterocycles. The van der Waals surface area contributed by atoms with Gasteiger partial charge in [0.1, 0.15) is 12.4 Å². The second kappa shape index (κ2) is 7.59. The number of hydrogen-bond acceptors (Lipinski definition) is 2. The van der Waals surface area contributed by atoms with E-state index in [1.807, 2.05) is 0 Å². The zero-order chi connectivity index (χ0) is 22.3. The van der Waals surface area contributed by atoms with Crippen LogP contribution in [0.5, 0.6) is 5.75 Å². The second-order valence-corrected chi connectivity index (χ2v) is 6.65. The molecule has 11 heteroatoms. The van der Waals surface area contributed by atoms with Crippen LogP contribution in [-0.4, -0.2) is 25.9 Å². The van der Waals surface area contributed by atoms with Gasteiger partial charge in [-0.3, -0.25) is 0 Å². The van der Waals surface area contributed by atoms with Crippen molar-refractivity contribution in [2.24, 2.45) is 0 Å². The molecule has 0 amide bonds. The first-order valence-corrected chi connectivity index (χ1v) is 8.63. The number of fused-ring (bicyclic) bond motifs is 1. The predicted molar refractivity (Wildman–Crippen MR) is 90.3 cm³/mol. The SMILES string of the molecule is FC(F)(F)CCN1CCOc2c(-c3cc(C(F)(F)F)cc(C(F)(F)F)c3)cccc21. The lowest BCUT2D eigenvalue weighted by Crippen LogP contribution is -2.35. The molecular weight excluding hydrogens is 429 g/mol. The van der Waals surface area contributed by atoms with E-state index in [0.717, 1.165) is 0 Å². The molecule has 0 saturated heterocycles. The summed E-state index contributed by atoms with van der Waals surface area (Å²) in [5.74, 6) is -0.0571. The van der Waals surface area contributed by atoms with Crippen LogP contribution >= 0.6 is 0 Å². The molecule has 2 aromatic carbocycles. The van der Waals surface area contributed by atoms with Crippen molar-refractivity contribution >= 4 is 5.69 Å². The minimum absolute atomic E-state index is 0.00931. The molecule has 30 heavy (non-hydrogen) atoms. The third kappa shape index (κ3) is 4.93. The molecule has 1 aliphatic rings. The Bertz CT molecular complexity index is 883. The highest BCUT2D eigenvalue weighted by atomic mass is 19.4. The minimum atomic E-state index is -5.02. The Morgan fingerprint density at radius 3 is 1.97 bits per heavy atom.